The van der Waals surface area contributed by atoms with Crippen molar-refractivity contribution in [2.45, 2.75) is 38.5 Å². The zero-order valence-corrected chi connectivity index (χ0v) is 11.9. The van der Waals surface area contributed by atoms with Crippen LogP contribution in [0.3, 0.4) is 0 Å². The normalized spacial score (nSPS) is 16.4. The lowest BCUT2D eigenvalue weighted by Gasteiger charge is -2.14. The molecule has 0 aliphatic heterocycles. The number of nitrogens with two attached hydrogens (primary N) is 1. The molecule has 1 aliphatic carbocycles. The van der Waals surface area contributed by atoms with Crippen molar-refractivity contribution in [2.75, 3.05) is 18.5 Å². The number of nitrogens with one attached hydrogen (secondary N) is 1. The highest BCUT2D eigenvalue weighted by molar-refractivity contribution is 5.92. The van der Waals surface area contributed by atoms with E-state index in [0.717, 1.165) is 37.1 Å². The summed E-state index contributed by atoms with van der Waals surface area (Å²) >= 11 is 0. The third-order valence-corrected chi connectivity index (χ3v) is 3.71. The van der Waals surface area contributed by atoms with Crippen LogP contribution in [-0.4, -0.2) is 19.1 Å². The van der Waals surface area contributed by atoms with Gasteiger partial charge in [-0.05, 0) is 25.0 Å². The molecule has 0 unspecified atom stereocenters. The lowest BCUT2D eigenvalue weighted by molar-refractivity contribution is -0.120. The van der Waals surface area contributed by atoms with Gasteiger partial charge >= 0.3 is 0 Å². The Kier molecular flexibility index (Phi) is 5.87. The van der Waals surface area contributed by atoms with Crippen molar-refractivity contribution in [1.82, 2.24) is 0 Å². The number of amides is 1. The maximum absolute atomic E-state index is 12.3. The Labute approximate surface area is 120 Å². The third kappa shape index (κ3) is 4.53. The number of ether oxygens (including phenoxy) is 1. The summed E-state index contributed by atoms with van der Waals surface area (Å²) in [5.41, 5.74) is 6.21. The molecule has 1 aromatic rings. The van der Waals surface area contributed by atoms with Crippen molar-refractivity contribution in [3.63, 3.8) is 0 Å². The molecule has 110 valence electrons. The van der Waals surface area contributed by atoms with Crippen molar-refractivity contribution in [2.24, 2.45) is 11.7 Å². The van der Waals surface area contributed by atoms with Gasteiger partial charge in [-0.1, -0.05) is 31.7 Å². The van der Waals surface area contributed by atoms with Gasteiger partial charge in [-0.15, -0.1) is 0 Å². The molecule has 0 atom stereocenters. The zero-order valence-electron chi connectivity index (χ0n) is 11.9. The second-order valence-corrected chi connectivity index (χ2v) is 5.34. The Morgan fingerprint density at radius 1 is 1.25 bits per heavy atom. The molecule has 20 heavy (non-hydrogen) atoms. The van der Waals surface area contributed by atoms with Gasteiger partial charge in [-0.2, -0.15) is 0 Å². The largest absolute Gasteiger partial charge is 0.492 e. The van der Waals surface area contributed by atoms with Crippen LogP contribution in [0.4, 0.5) is 5.69 Å². The highest BCUT2D eigenvalue weighted by Gasteiger charge is 2.20. The molecular formula is C16H24N2O2. The van der Waals surface area contributed by atoms with Gasteiger partial charge in [0.25, 0.3) is 0 Å². The molecule has 1 saturated carbocycles. The van der Waals surface area contributed by atoms with E-state index in [1.165, 1.54) is 12.8 Å². The van der Waals surface area contributed by atoms with E-state index in [1.54, 1.807) is 0 Å². The molecule has 0 radical (unpaired) electrons. The van der Waals surface area contributed by atoms with Gasteiger partial charge in [0, 0.05) is 24.2 Å². The van der Waals surface area contributed by atoms with Crippen molar-refractivity contribution >= 4 is 11.6 Å². The second kappa shape index (κ2) is 7.90. The number of anilines is 1. The molecule has 4 nitrogen and oxygen atoms in total. The predicted octanol–water partition coefficient (Wildman–Crippen LogP) is 2.93. The number of hydrogen-bond acceptors (Lipinski definition) is 3. The van der Waals surface area contributed by atoms with Gasteiger partial charge in [-0.3, -0.25) is 4.79 Å². The Bertz CT molecular complexity index is 426. The van der Waals surface area contributed by atoms with Crippen LogP contribution < -0.4 is 15.8 Å². The van der Waals surface area contributed by atoms with Crippen molar-refractivity contribution in [3.05, 3.63) is 24.3 Å². The molecule has 0 saturated heterocycles. The fraction of sp³-hybridized carbons (Fsp3) is 0.562. The predicted molar refractivity (Wildman–Crippen MR) is 80.8 cm³/mol. The average molecular weight is 276 g/mol. The van der Waals surface area contributed by atoms with Crippen molar-refractivity contribution < 1.29 is 9.53 Å². The van der Waals surface area contributed by atoms with Crippen LogP contribution in [0, 0.1) is 5.92 Å². The highest BCUT2D eigenvalue weighted by atomic mass is 16.5. The number of carbonyl (C=O) groups excluding carboxylic acids is 1. The van der Waals surface area contributed by atoms with Crippen molar-refractivity contribution in [3.8, 4) is 5.75 Å². The molecule has 0 heterocycles. The van der Waals surface area contributed by atoms with Gasteiger partial charge in [0.15, 0.2) is 0 Å². The first kappa shape index (κ1) is 14.9. The van der Waals surface area contributed by atoms with Gasteiger partial charge in [-0.25, -0.2) is 0 Å². The van der Waals surface area contributed by atoms with Crippen LogP contribution in [0.5, 0.6) is 5.75 Å². The summed E-state index contributed by atoms with van der Waals surface area (Å²) in [6.07, 6.45) is 6.86. The van der Waals surface area contributed by atoms with Crippen LogP contribution in [-0.2, 0) is 4.79 Å². The first-order valence-corrected chi connectivity index (χ1v) is 7.53. The minimum atomic E-state index is 0.142. The van der Waals surface area contributed by atoms with E-state index in [1.807, 2.05) is 24.3 Å². The molecule has 1 aromatic carbocycles. The summed E-state index contributed by atoms with van der Waals surface area (Å²) in [4.78, 5) is 12.3. The van der Waals surface area contributed by atoms with E-state index in [2.05, 4.69) is 5.32 Å². The summed E-state index contributed by atoms with van der Waals surface area (Å²) in [5.74, 6) is 1.04. The van der Waals surface area contributed by atoms with Gasteiger partial charge in [0.1, 0.15) is 12.4 Å². The smallest absolute Gasteiger partial charge is 0.227 e. The molecule has 2 rings (SSSR count). The minimum absolute atomic E-state index is 0.142. The third-order valence-electron chi connectivity index (χ3n) is 3.71. The molecule has 1 amide bonds. The van der Waals surface area contributed by atoms with E-state index in [0.29, 0.717) is 13.2 Å². The molecule has 0 aromatic heterocycles. The van der Waals surface area contributed by atoms with Gasteiger partial charge in [0.05, 0.1) is 0 Å². The zero-order chi connectivity index (χ0) is 14.2. The standard InChI is InChI=1S/C16H24N2O2/c17-10-11-20-15-9-5-8-14(12-15)18-16(19)13-6-3-1-2-4-7-13/h5,8-9,12-13H,1-4,6-7,10-11,17H2,(H,18,19). The maximum Gasteiger partial charge on any atom is 0.227 e. The topological polar surface area (TPSA) is 64.3 Å². The molecule has 1 aliphatic rings. The van der Waals surface area contributed by atoms with E-state index in [-0.39, 0.29) is 11.8 Å². The molecular weight excluding hydrogens is 252 g/mol. The average Bonchev–Trinajstić information content (AvgIpc) is 2.74. The van der Waals surface area contributed by atoms with Gasteiger partial charge in [0.2, 0.25) is 5.91 Å². The van der Waals surface area contributed by atoms with E-state index in [9.17, 15) is 4.79 Å². The Hall–Kier alpha value is -1.55. The van der Waals surface area contributed by atoms with Crippen molar-refractivity contribution in [1.29, 1.82) is 0 Å². The molecule has 3 N–H and O–H groups in total. The minimum Gasteiger partial charge on any atom is -0.492 e. The lowest BCUT2D eigenvalue weighted by atomic mass is 9.99. The Morgan fingerprint density at radius 2 is 2.00 bits per heavy atom. The maximum atomic E-state index is 12.3. The number of carbonyl (C=O) groups is 1. The number of rotatable bonds is 5. The summed E-state index contributed by atoms with van der Waals surface area (Å²) < 4.78 is 5.47. The van der Waals surface area contributed by atoms with E-state index < -0.39 is 0 Å². The van der Waals surface area contributed by atoms with Gasteiger partial charge < -0.3 is 15.8 Å². The van der Waals surface area contributed by atoms with Crippen LogP contribution in [0.1, 0.15) is 38.5 Å². The summed E-state index contributed by atoms with van der Waals surface area (Å²) in [6.45, 7) is 0.971. The van der Waals surface area contributed by atoms with E-state index >= 15 is 0 Å². The second-order valence-electron chi connectivity index (χ2n) is 5.34. The van der Waals surface area contributed by atoms with Crippen LogP contribution >= 0.6 is 0 Å². The fourth-order valence-corrected chi connectivity index (χ4v) is 2.63. The first-order valence-electron chi connectivity index (χ1n) is 7.53. The monoisotopic (exact) mass is 276 g/mol. The molecule has 4 heteroatoms. The van der Waals surface area contributed by atoms with Crippen LogP contribution in [0.15, 0.2) is 24.3 Å². The summed E-state index contributed by atoms with van der Waals surface area (Å²) in [5, 5.41) is 3.01. The van der Waals surface area contributed by atoms with E-state index in [4.69, 9.17) is 10.5 Å². The SMILES string of the molecule is NCCOc1cccc(NC(=O)C2CCCCCC2)c1. The molecule has 1 fully saturated rings. The Morgan fingerprint density at radius 3 is 2.70 bits per heavy atom. The lowest BCUT2D eigenvalue weighted by Crippen LogP contribution is -2.22. The summed E-state index contributed by atoms with van der Waals surface area (Å²) in [6, 6.07) is 7.50. The highest BCUT2D eigenvalue weighted by Crippen LogP contribution is 2.25. The first-order chi connectivity index (χ1) is 9.79. The summed E-state index contributed by atoms with van der Waals surface area (Å²) in [7, 11) is 0. The fourth-order valence-electron chi connectivity index (χ4n) is 2.63. The Balaban J connectivity index is 1.92. The number of benzene rings is 1. The van der Waals surface area contributed by atoms with Crippen LogP contribution in [0.25, 0.3) is 0 Å². The van der Waals surface area contributed by atoms with Crippen LogP contribution in [0.2, 0.25) is 0 Å². The molecule has 0 spiro atoms. The molecule has 0 bridgehead atoms. The quantitative estimate of drug-likeness (QED) is 0.813. The number of hydrogen-bond donors (Lipinski definition) is 2.